The first-order valence-corrected chi connectivity index (χ1v) is 6.26. The van der Waals surface area contributed by atoms with E-state index in [4.69, 9.17) is 5.11 Å². The minimum absolute atomic E-state index is 0.0336. The van der Waals surface area contributed by atoms with Crippen molar-refractivity contribution in [2.75, 3.05) is 20.6 Å². The van der Waals surface area contributed by atoms with Crippen molar-refractivity contribution < 1.29 is 18.3 Å². The van der Waals surface area contributed by atoms with Crippen molar-refractivity contribution in [1.29, 1.82) is 0 Å². The molecule has 0 atom stereocenters. The largest absolute Gasteiger partial charge is 0.480 e. The summed E-state index contributed by atoms with van der Waals surface area (Å²) in [6, 6.07) is 0. The number of sulfonamides is 1. The van der Waals surface area contributed by atoms with Gasteiger partial charge in [0.2, 0.25) is 0 Å². The van der Waals surface area contributed by atoms with Gasteiger partial charge in [-0.05, 0) is 12.2 Å². The number of allylic oxidation sites excluding steroid dienone is 4. The summed E-state index contributed by atoms with van der Waals surface area (Å²) in [4.78, 5) is 11.9. The Kier molecular flexibility index (Phi) is 4.08. The lowest BCUT2D eigenvalue weighted by molar-refractivity contribution is -0.137. The Labute approximate surface area is 100 Å². The van der Waals surface area contributed by atoms with Gasteiger partial charge in [0.15, 0.2) is 0 Å². The summed E-state index contributed by atoms with van der Waals surface area (Å²) in [7, 11) is -0.975. The number of nitrogens with zero attached hydrogens (tertiary/aromatic N) is 2. The Morgan fingerprint density at radius 1 is 1.41 bits per heavy atom. The van der Waals surface area contributed by atoms with Crippen LogP contribution in [-0.2, 0) is 14.8 Å². The van der Waals surface area contributed by atoms with Crippen molar-refractivity contribution >= 4 is 16.0 Å². The molecule has 0 unspecified atom stereocenters. The first kappa shape index (κ1) is 13.5. The van der Waals surface area contributed by atoms with Crippen molar-refractivity contribution in [2.45, 2.75) is 0 Å². The molecule has 6 nitrogen and oxygen atoms in total. The van der Waals surface area contributed by atoms with Crippen LogP contribution in [0.5, 0.6) is 0 Å². The van der Waals surface area contributed by atoms with Gasteiger partial charge in [-0.1, -0.05) is 12.2 Å². The summed E-state index contributed by atoms with van der Waals surface area (Å²) in [6.45, 7) is -0.569. The van der Waals surface area contributed by atoms with Gasteiger partial charge < -0.3 is 10.0 Å². The maximum absolute atomic E-state index is 12.1. The van der Waals surface area contributed by atoms with Gasteiger partial charge in [0.25, 0.3) is 10.0 Å². The molecule has 0 saturated carbocycles. The molecule has 1 rings (SSSR count). The van der Waals surface area contributed by atoms with E-state index < -0.39 is 22.5 Å². The maximum Gasteiger partial charge on any atom is 0.318 e. The number of hydrogen-bond donors (Lipinski definition) is 1. The highest BCUT2D eigenvalue weighted by Gasteiger charge is 2.27. The highest BCUT2D eigenvalue weighted by atomic mass is 32.2. The van der Waals surface area contributed by atoms with E-state index in [9.17, 15) is 13.2 Å². The van der Waals surface area contributed by atoms with Crippen LogP contribution in [0.1, 0.15) is 0 Å². The molecule has 0 radical (unpaired) electrons. The van der Waals surface area contributed by atoms with Crippen molar-refractivity contribution in [3.8, 4) is 0 Å². The number of rotatable bonds is 4. The molecule has 0 bridgehead atoms. The molecule has 0 aromatic carbocycles. The van der Waals surface area contributed by atoms with E-state index in [0.29, 0.717) is 0 Å². The molecule has 1 heterocycles. The van der Waals surface area contributed by atoms with Crippen molar-refractivity contribution in [3.05, 3.63) is 35.5 Å². The molecule has 7 heteroatoms. The van der Waals surface area contributed by atoms with Crippen LogP contribution in [0.3, 0.4) is 0 Å². The fourth-order valence-electron chi connectivity index (χ4n) is 1.27. The number of hydrogen-bond acceptors (Lipinski definition) is 4. The second-order valence-corrected chi connectivity index (χ2v) is 5.49. The number of carbonyl (C=O) groups is 1. The molecule has 1 aliphatic rings. The Morgan fingerprint density at radius 3 is 2.65 bits per heavy atom. The van der Waals surface area contributed by atoms with Crippen LogP contribution in [-0.4, -0.2) is 49.3 Å². The lowest BCUT2D eigenvalue weighted by atomic mass is 10.5. The quantitative estimate of drug-likeness (QED) is 0.778. The molecular formula is C10H14N2O4S. The predicted molar refractivity (Wildman–Crippen MR) is 63.3 cm³/mol. The molecular weight excluding hydrogens is 244 g/mol. The van der Waals surface area contributed by atoms with Gasteiger partial charge in [-0.25, -0.2) is 8.42 Å². The molecule has 94 valence electrons. The Bertz CT molecular complexity index is 490. The van der Waals surface area contributed by atoms with E-state index in [2.05, 4.69) is 0 Å². The molecule has 0 aromatic rings. The average Bonchev–Trinajstić information content (AvgIpc) is 2.41. The third kappa shape index (κ3) is 3.18. The lowest BCUT2D eigenvalue weighted by Gasteiger charge is -2.22. The number of carboxylic acid groups (broad SMARTS) is 1. The first-order chi connectivity index (χ1) is 7.85. The van der Waals surface area contributed by atoms with Gasteiger partial charge >= 0.3 is 5.97 Å². The smallest absolute Gasteiger partial charge is 0.318 e. The van der Waals surface area contributed by atoms with Gasteiger partial charge in [0, 0.05) is 20.3 Å². The summed E-state index contributed by atoms with van der Waals surface area (Å²) >= 11 is 0. The molecule has 0 aromatic heterocycles. The minimum Gasteiger partial charge on any atom is -0.480 e. The van der Waals surface area contributed by atoms with Crippen LogP contribution in [0.4, 0.5) is 0 Å². The molecule has 17 heavy (non-hydrogen) atoms. The molecule has 1 aliphatic heterocycles. The van der Waals surface area contributed by atoms with Gasteiger partial charge in [-0.2, -0.15) is 4.31 Å². The minimum atomic E-state index is -3.79. The highest BCUT2D eigenvalue weighted by molar-refractivity contribution is 7.92. The standard InChI is InChI=1S/C10H14N2O4S/c1-11-7-5-3-4-6-9(11)17(15,16)12(2)8-10(13)14/h3-7H,8H2,1-2H3,(H,13,14). The summed E-state index contributed by atoms with van der Waals surface area (Å²) in [5.41, 5.74) is 0. The molecule has 1 N–H and O–H groups in total. The molecule has 0 fully saturated rings. The molecule has 0 spiro atoms. The highest BCUT2D eigenvalue weighted by Crippen LogP contribution is 2.17. The topological polar surface area (TPSA) is 77.9 Å². The van der Waals surface area contributed by atoms with Gasteiger partial charge in [-0.3, -0.25) is 4.79 Å². The van der Waals surface area contributed by atoms with Crippen LogP contribution >= 0.6 is 0 Å². The van der Waals surface area contributed by atoms with Crippen LogP contribution in [0.15, 0.2) is 35.5 Å². The van der Waals surface area contributed by atoms with E-state index in [1.807, 2.05) is 0 Å². The Balaban J connectivity index is 3.05. The fraction of sp³-hybridized carbons (Fsp3) is 0.300. The van der Waals surface area contributed by atoms with Crippen LogP contribution in [0.2, 0.25) is 0 Å². The SMILES string of the molecule is CN1C=CC=CC=C1S(=O)(=O)N(C)CC(=O)O. The summed E-state index contributed by atoms with van der Waals surface area (Å²) in [5.74, 6) is -1.20. The van der Waals surface area contributed by atoms with E-state index >= 15 is 0 Å². The molecule has 0 saturated heterocycles. The third-order valence-corrected chi connectivity index (χ3v) is 4.05. The van der Waals surface area contributed by atoms with E-state index in [1.54, 1.807) is 31.5 Å². The zero-order chi connectivity index (χ0) is 13.1. The third-order valence-electron chi connectivity index (χ3n) is 2.15. The number of likely N-dealkylation sites (N-methyl/N-ethyl adjacent to an activating group) is 1. The molecule has 0 aliphatic carbocycles. The summed E-state index contributed by atoms with van der Waals surface area (Å²) < 4.78 is 24.9. The van der Waals surface area contributed by atoms with Gasteiger partial charge in [0.05, 0.1) is 0 Å². The average molecular weight is 258 g/mol. The number of aliphatic carboxylic acids is 1. The maximum atomic E-state index is 12.1. The van der Waals surface area contributed by atoms with Crippen molar-refractivity contribution in [1.82, 2.24) is 9.21 Å². The van der Waals surface area contributed by atoms with Crippen molar-refractivity contribution in [3.63, 3.8) is 0 Å². The van der Waals surface area contributed by atoms with Gasteiger partial charge in [0.1, 0.15) is 11.6 Å². The van der Waals surface area contributed by atoms with E-state index in [1.165, 1.54) is 18.0 Å². The normalized spacial score (nSPS) is 15.9. The van der Waals surface area contributed by atoms with Crippen LogP contribution in [0, 0.1) is 0 Å². The zero-order valence-electron chi connectivity index (χ0n) is 9.57. The Morgan fingerprint density at radius 2 is 2.06 bits per heavy atom. The van der Waals surface area contributed by atoms with Crippen LogP contribution in [0.25, 0.3) is 0 Å². The van der Waals surface area contributed by atoms with E-state index in [-0.39, 0.29) is 5.03 Å². The van der Waals surface area contributed by atoms with Gasteiger partial charge in [-0.15, -0.1) is 0 Å². The predicted octanol–water partition coefficient (Wildman–Crippen LogP) is 0.189. The fourth-order valence-corrected chi connectivity index (χ4v) is 2.55. The Hall–Kier alpha value is -1.60. The second kappa shape index (κ2) is 5.15. The molecule has 0 amide bonds. The second-order valence-electron chi connectivity index (χ2n) is 3.50. The lowest BCUT2D eigenvalue weighted by Crippen LogP contribution is -2.36. The number of carboxylic acids is 1. The van der Waals surface area contributed by atoms with Crippen LogP contribution < -0.4 is 0 Å². The zero-order valence-corrected chi connectivity index (χ0v) is 10.4. The monoisotopic (exact) mass is 258 g/mol. The van der Waals surface area contributed by atoms with E-state index in [0.717, 1.165) is 4.31 Å². The first-order valence-electron chi connectivity index (χ1n) is 4.82. The summed E-state index contributed by atoms with van der Waals surface area (Å²) in [6.07, 6.45) is 7.98. The summed E-state index contributed by atoms with van der Waals surface area (Å²) in [5, 5.41) is 8.63. The van der Waals surface area contributed by atoms with Crippen molar-refractivity contribution in [2.24, 2.45) is 0 Å².